The first-order chi connectivity index (χ1) is 33.8. The van der Waals surface area contributed by atoms with Crippen LogP contribution in [-0.4, -0.2) is 129 Å². The van der Waals surface area contributed by atoms with Crippen LogP contribution in [0.2, 0.25) is 0 Å². The van der Waals surface area contributed by atoms with Gasteiger partial charge >= 0.3 is 23.3 Å². The molecule has 0 radical (unpaired) electrons. The second-order valence-corrected chi connectivity index (χ2v) is 19.6. The van der Waals surface area contributed by atoms with E-state index in [1.54, 1.807) is 6.20 Å². The van der Waals surface area contributed by atoms with Gasteiger partial charge in [0.1, 0.15) is 43.0 Å². The van der Waals surface area contributed by atoms with Crippen LogP contribution in [0, 0.1) is 6.92 Å². The number of rotatable bonds is 25. The predicted octanol–water partition coefficient (Wildman–Crippen LogP) is -10.5. The van der Waals surface area contributed by atoms with E-state index in [2.05, 4.69) is 29.0 Å². The fourth-order valence-corrected chi connectivity index (χ4v) is 9.39. The lowest BCUT2D eigenvalue weighted by atomic mass is 9.89. The zero-order valence-corrected chi connectivity index (χ0v) is 44.4. The molecular formula is C42H66Cl2N10O17P2-2. The molecule has 2 saturated heterocycles. The molecule has 0 bridgehead atoms. The number of hydrogen-bond donors (Lipinski definition) is 7. The third-order valence-corrected chi connectivity index (χ3v) is 13.5. The minimum Gasteiger partial charge on any atom is -1.00 e. The Morgan fingerprint density at radius 1 is 0.795 bits per heavy atom. The van der Waals surface area contributed by atoms with Crippen LogP contribution < -0.4 is 89.2 Å². The Morgan fingerprint density at radius 2 is 1.44 bits per heavy atom. The molecule has 9 atom stereocenters. The van der Waals surface area contributed by atoms with E-state index in [1.165, 1.54) is 31.9 Å². The maximum Gasteiger partial charge on any atom is 0.349 e. The molecule has 412 valence electrons. The molecule has 0 saturated carbocycles. The first kappa shape index (κ1) is 63.0. The van der Waals surface area contributed by atoms with E-state index in [-0.39, 0.29) is 68.5 Å². The number of phosphoric ester groups is 2. The van der Waals surface area contributed by atoms with Crippen molar-refractivity contribution in [1.29, 1.82) is 0 Å². The van der Waals surface area contributed by atoms with Crippen LogP contribution in [-0.2, 0) is 63.8 Å². The Balaban J connectivity index is 0.000000375. The minimum absolute atomic E-state index is 0. The van der Waals surface area contributed by atoms with E-state index in [0.29, 0.717) is 50.4 Å². The van der Waals surface area contributed by atoms with Gasteiger partial charge in [0.25, 0.3) is 21.2 Å². The smallest absolute Gasteiger partial charge is 0.349 e. The molecule has 31 heteroatoms. The van der Waals surface area contributed by atoms with Gasteiger partial charge in [-0.1, -0.05) is 31.4 Å². The second-order valence-electron chi connectivity index (χ2n) is 16.7. The average Bonchev–Trinajstić information content (AvgIpc) is 3.86. The van der Waals surface area contributed by atoms with Crippen LogP contribution in [0.1, 0.15) is 78.9 Å². The van der Waals surface area contributed by atoms with Crippen molar-refractivity contribution >= 4 is 27.6 Å². The Morgan fingerprint density at radius 3 is 2.11 bits per heavy atom. The number of unbranched alkanes of at least 4 members (excludes halogenated alkanes) is 4. The van der Waals surface area contributed by atoms with Crippen LogP contribution >= 0.6 is 15.6 Å². The van der Waals surface area contributed by atoms with E-state index >= 15 is 0 Å². The quantitative estimate of drug-likeness (QED) is 0.0140. The summed E-state index contributed by atoms with van der Waals surface area (Å²) >= 11 is 0. The summed E-state index contributed by atoms with van der Waals surface area (Å²) in [6.45, 7) is 3.36. The lowest BCUT2D eigenvalue weighted by Crippen LogP contribution is -3.00. The van der Waals surface area contributed by atoms with Gasteiger partial charge in [-0.25, -0.2) is 9.59 Å². The van der Waals surface area contributed by atoms with Crippen LogP contribution in [0.25, 0.3) is 0 Å². The Kier molecular flexibility index (Phi) is 25.7. The molecule has 1 aliphatic carbocycles. The number of halogens is 2. The molecule has 4 heterocycles. The first-order valence-electron chi connectivity index (χ1n) is 22.7. The van der Waals surface area contributed by atoms with Crippen molar-refractivity contribution in [3.8, 4) is 5.75 Å². The molecule has 3 aliphatic rings. The molecule has 1 aromatic carbocycles. The number of methoxy groups -OCH3 is 2. The summed E-state index contributed by atoms with van der Waals surface area (Å²) in [6, 6.07) is 5.79. The van der Waals surface area contributed by atoms with Crippen molar-refractivity contribution in [3.05, 3.63) is 89.9 Å². The van der Waals surface area contributed by atoms with E-state index in [9.17, 15) is 33.3 Å². The van der Waals surface area contributed by atoms with Crippen molar-refractivity contribution in [3.63, 3.8) is 0 Å². The molecule has 6 rings (SSSR count). The number of phosphoric acid groups is 2. The molecule has 27 nitrogen and oxygen atoms in total. The van der Waals surface area contributed by atoms with Gasteiger partial charge in [0.05, 0.1) is 38.1 Å². The van der Waals surface area contributed by atoms with Gasteiger partial charge in [-0.15, -0.1) is 0 Å². The number of fused-ring (bicyclic) bond motifs is 2. The number of ether oxygens (including phenoxy) is 6. The SMILES string of the molecule is COC[C@H]1O[C@@H](n2cc(C)c(=O)[nH]c2=O)[C@@H](OCCCCCCC[NH+]=C(N)N)C1OP(=O)([O-])OC.COC[C@H]1O[C@@H](n2cc3c(nc2=O)Cc2c(cccc2OCC[NH+]=C(N)N)C3)CC1OP(=O)([O-])OC.[Cl-].[Cl-]. The Bertz CT molecular complexity index is 2580. The van der Waals surface area contributed by atoms with Crippen LogP contribution in [0.4, 0.5) is 0 Å². The van der Waals surface area contributed by atoms with E-state index in [4.69, 9.17) is 60.4 Å². The van der Waals surface area contributed by atoms with Crippen molar-refractivity contribution in [1.82, 2.24) is 19.1 Å². The van der Waals surface area contributed by atoms with Gasteiger partial charge in [0, 0.05) is 77.8 Å². The molecule has 2 aliphatic heterocycles. The number of nitrogens with zero attached hydrogens (tertiary/aromatic N) is 3. The molecular weight excluding hydrogens is 1050 g/mol. The Hall–Kier alpha value is -4.28. The summed E-state index contributed by atoms with van der Waals surface area (Å²) in [6.07, 6.45) is 2.08. The zero-order valence-electron chi connectivity index (χ0n) is 41.1. The van der Waals surface area contributed by atoms with Gasteiger partial charge in [-0.3, -0.25) is 61.0 Å². The van der Waals surface area contributed by atoms with Gasteiger partial charge in [-0.05, 0) is 37.0 Å². The number of hydrogen-bond acceptors (Lipinski definition) is 18. The number of guanidine groups is 2. The van der Waals surface area contributed by atoms with Crippen molar-refractivity contribution < 1.29 is 100 Å². The second kappa shape index (κ2) is 29.7. The average molecular weight is 1120 g/mol. The minimum atomic E-state index is -4.67. The number of benzene rings is 1. The summed E-state index contributed by atoms with van der Waals surface area (Å²) in [5.74, 6) is 1.04. The fraction of sp³-hybridized carbons (Fsp3) is 0.619. The summed E-state index contributed by atoms with van der Waals surface area (Å²) < 4.78 is 79.8. The molecule has 0 amide bonds. The summed E-state index contributed by atoms with van der Waals surface area (Å²) in [5.41, 5.74) is 23.6. The third-order valence-electron chi connectivity index (χ3n) is 11.5. The van der Waals surface area contributed by atoms with Crippen LogP contribution in [0.3, 0.4) is 0 Å². The third kappa shape index (κ3) is 18.2. The molecule has 2 aromatic heterocycles. The maximum absolute atomic E-state index is 13.0. The molecule has 2 fully saturated rings. The van der Waals surface area contributed by atoms with Crippen molar-refractivity contribution in [2.45, 2.75) is 101 Å². The summed E-state index contributed by atoms with van der Waals surface area (Å²) in [4.78, 5) is 73.4. The highest BCUT2D eigenvalue weighted by atomic mass is 35.5. The molecule has 11 N–H and O–H groups in total. The monoisotopic (exact) mass is 1110 g/mol. The number of nitrogens with one attached hydrogen (secondary N) is 3. The lowest BCUT2D eigenvalue weighted by molar-refractivity contribution is -0.461. The summed E-state index contributed by atoms with van der Waals surface area (Å²) in [7, 11) is -4.30. The number of H-pyrrole nitrogens is 1. The zero-order chi connectivity index (χ0) is 51.9. The fourth-order valence-electron chi connectivity index (χ4n) is 8.11. The van der Waals surface area contributed by atoms with E-state index in [0.717, 1.165) is 61.2 Å². The number of aromatic amines is 1. The topological polar surface area (TPSA) is 394 Å². The number of aryl methyl sites for hydroxylation is 1. The highest BCUT2D eigenvalue weighted by molar-refractivity contribution is 7.46. The van der Waals surface area contributed by atoms with Gasteiger partial charge < -0.3 is 81.1 Å². The van der Waals surface area contributed by atoms with Crippen molar-refractivity contribution in [2.24, 2.45) is 22.9 Å². The van der Waals surface area contributed by atoms with Crippen molar-refractivity contribution in [2.75, 3.05) is 68.0 Å². The predicted molar refractivity (Wildman–Crippen MR) is 249 cm³/mol. The highest BCUT2D eigenvalue weighted by Crippen LogP contribution is 2.46. The van der Waals surface area contributed by atoms with Gasteiger partial charge in [-0.2, -0.15) is 4.98 Å². The molecule has 3 aromatic rings. The van der Waals surface area contributed by atoms with Crippen LogP contribution in [0.15, 0.2) is 45.0 Å². The number of aromatic nitrogens is 4. The van der Waals surface area contributed by atoms with E-state index in [1.807, 2.05) is 18.2 Å². The highest BCUT2D eigenvalue weighted by Gasteiger charge is 2.49. The van der Waals surface area contributed by atoms with Gasteiger partial charge in [0.2, 0.25) is 0 Å². The number of nitrogens with two attached hydrogens (primary N) is 4. The molecule has 4 unspecified atom stereocenters. The first-order valence-corrected chi connectivity index (χ1v) is 25.6. The summed E-state index contributed by atoms with van der Waals surface area (Å²) in [5, 5.41) is 0. The maximum atomic E-state index is 13.0. The molecule has 73 heavy (non-hydrogen) atoms. The standard InChI is InChI=1S/C22H30N5O8P.C20H36N5O9P.2ClH/c1-31-12-19-18(35-36(29,30)32-2)10-20(34-19)27-11-14-8-13-4-3-5-17(33-7-6-25-21(23)24)15(13)9-16(14)26-22(27)28;1-13-11-25(20(27)24-17(13)26)18-16(32-10-8-6-4-5-7-9-23-19(21)22)15(14(33-18)12-30-2)34-35(28,29)31-3;;/h3-5,11,18-20H,6-10,12H2,1-2H3,(H,29,30)(H4,23,24,25);11,14-16,18H,4-10,12H2,1-3H3,(H,28,29)(H4,21,22,23)(H,24,26,27);2*1H/p-2/t18?,19-,20-;14-,15?,16+,18-;;/m11../s1. The van der Waals surface area contributed by atoms with Crippen LogP contribution in [0.5, 0.6) is 5.75 Å². The molecule has 0 spiro atoms. The lowest BCUT2D eigenvalue weighted by Gasteiger charge is -2.30. The Labute approximate surface area is 433 Å². The van der Waals surface area contributed by atoms with E-state index < -0.39 is 75.6 Å². The van der Waals surface area contributed by atoms with Gasteiger partial charge in [0.15, 0.2) is 6.23 Å². The largest absolute Gasteiger partial charge is 1.00 e. The normalized spacial score (nSPS) is 22.4.